The van der Waals surface area contributed by atoms with Gasteiger partial charge in [-0.25, -0.2) is 14.5 Å². The third kappa shape index (κ3) is 2.79. The van der Waals surface area contributed by atoms with Crippen molar-refractivity contribution in [3.63, 3.8) is 0 Å². The average molecular weight is 350 g/mol. The highest BCUT2D eigenvalue weighted by molar-refractivity contribution is 5.93. The summed E-state index contributed by atoms with van der Waals surface area (Å²) in [6.07, 6.45) is 3.71. The second-order valence-corrected chi connectivity index (χ2v) is 6.72. The van der Waals surface area contributed by atoms with Gasteiger partial charge in [0.2, 0.25) is 0 Å². The minimum Gasteiger partial charge on any atom is -0.373 e. The summed E-state index contributed by atoms with van der Waals surface area (Å²) in [7, 11) is 1.84. The van der Waals surface area contributed by atoms with Gasteiger partial charge in [-0.3, -0.25) is 4.79 Å². The first-order chi connectivity index (χ1) is 12.6. The Labute approximate surface area is 152 Å². The van der Waals surface area contributed by atoms with E-state index in [4.69, 9.17) is 0 Å². The number of nitrogens with zero attached hydrogens (tertiary/aromatic N) is 5. The highest BCUT2D eigenvalue weighted by Crippen LogP contribution is 2.33. The van der Waals surface area contributed by atoms with E-state index in [0.29, 0.717) is 11.3 Å². The van der Waals surface area contributed by atoms with Crippen LogP contribution < -0.4 is 5.32 Å². The number of fused-ring (bicyclic) bond motifs is 1. The summed E-state index contributed by atoms with van der Waals surface area (Å²) in [5.41, 5.74) is 4.15. The molecule has 1 aliphatic rings. The number of carbonyl (C=O) groups excluding carboxylic acids is 1. The lowest BCUT2D eigenvalue weighted by molar-refractivity contribution is 0.0729. The zero-order valence-corrected chi connectivity index (χ0v) is 15.2. The van der Waals surface area contributed by atoms with Gasteiger partial charge in [-0.2, -0.15) is 5.10 Å². The third-order valence-corrected chi connectivity index (χ3v) is 4.89. The molecule has 1 fully saturated rings. The first kappa shape index (κ1) is 16.5. The Morgan fingerprint density at radius 3 is 2.92 bits per heavy atom. The molecule has 0 spiro atoms. The minimum absolute atomic E-state index is 0.0436. The molecule has 7 heteroatoms. The molecule has 0 bridgehead atoms. The van der Waals surface area contributed by atoms with Gasteiger partial charge in [-0.1, -0.05) is 0 Å². The van der Waals surface area contributed by atoms with E-state index in [1.807, 2.05) is 44.0 Å². The van der Waals surface area contributed by atoms with Crippen LogP contribution in [0.1, 0.15) is 46.3 Å². The van der Waals surface area contributed by atoms with Crippen molar-refractivity contribution in [1.29, 1.82) is 0 Å². The SMILES string of the molecule is CNc1cc([C@@H]2CCCN2C(=O)c2cc3nc(C)cc(C)n3n2)ccn1. The number of hydrogen-bond acceptors (Lipinski definition) is 5. The monoisotopic (exact) mass is 350 g/mol. The van der Waals surface area contributed by atoms with Crippen LogP contribution >= 0.6 is 0 Å². The van der Waals surface area contributed by atoms with Crippen LogP contribution in [0.3, 0.4) is 0 Å². The molecular formula is C19H22N6O. The van der Waals surface area contributed by atoms with Crippen LogP contribution in [0, 0.1) is 13.8 Å². The second kappa shape index (κ2) is 6.40. The van der Waals surface area contributed by atoms with Gasteiger partial charge in [0, 0.05) is 37.2 Å². The molecule has 3 aromatic heterocycles. The van der Waals surface area contributed by atoms with Crippen molar-refractivity contribution >= 4 is 17.4 Å². The quantitative estimate of drug-likeness (QED) is 0.786. The van der Waals surface area contributed by atoms with Gasteiger partial charge in [-0.05, 0) is 50.5 Å². The summed E-state index contributed by atoms with van der Waals surface area (Å²) in [4.78, 5) is 23.8. The van der Waals surface area contributed by atoms with E-state index in [1.54, 1.807) is 16.8 Å². The number of pyridine rings is 1. The molecule has 7 nitrogen and oxygen atoms in total. The molecule has 0 saturated carbocycles. The molecule has 0 unspecified atom stereocenters. The largest absolute Gasteiger partial charge is 0.373 e. The lowest BCUT2D eigenvalue weighted by Crippen LogP contribution is -2.31. The Balaban J connectivity index is 1.67. The van der Waals surface area contributed by atoms with Crippen LogP contribution in [0.4, 0.5) is 5.82 Å². The number of likely N-dealkylation sites (tertiary alicyclic amines) is 1. The van der Waals surface area contributed by atoms with Crippen LogP contribution in [0.25, 0.3) is 5.65 Å². The first-order valence-corrected chi connectivity index (χ1v) is 8.85. The molecule has 1 atom stereocenters. The van der Waals surface area contributed by atoms with Crippen LogP contribution in [0.2, 0.25) is 0 Å². The summed E-state index contributed by atoms with van der Waals surface area (Å²) in [6, 6.07) is 7.79. The maximum atomic E-state index is 13.1. The number of rotatable bonds is 3. The smallest absolute Gasteiger partial charge is 0.274 e. The van der Waals surface area contributed by atoms with Gasteiger partial charge in [-0.15, -0.1) is 0 Å². The molecule has 3 aromatic rings. The molecule has 134 valence electrons. The minimum atomic E-state index is -0.0436. The number of anilines is 1. The zero-order chi connectivity index (χ0) is 18.3. The summed E-state index contributed by atoms with van der Waals surface area (Å²) >= 11 is 0. The zero-order valence-electron chi connectivity index (χ0n) is 15.2. The molecule has 0 aromatic carbocycles. The predicted octanol–water partition coefficient (Wildman–Crippen LogP) is 2.76. The van der Waals surface area contributed by atoms with Gasteiger partial charge in [0.05, 0.1) is 6.04 Å². The average Bonchev–Trinajstić information content (AvgIpc) is 3.28. The van der Waals surface area contributed by atoms with Crippen molar-refractivity contribution < 1.29 is 4.79 Å². The Morgan fingerprint density at radius 1 is 1.27 bits per heavy atom. The first-order valence-electron chi connectivity index (χ1n) is 8.85. The fraction of sp³-hybridized carbons (Fsp3) is 0.368. The van der Waals surface area contributed by atoms with E-state index in [1.165, 1.54) is 0 Å². The van der Waals surface area contributed by atoms with Gasteiger partial charge in [0.25, 0.3) is 5.91 Å². The van der Waals surface area contributed by atoms with Crippen molar-refractivity contribution in [3.8, 4) is 0 Å². The van der Waals surface area contributed by atoms with Crippen LogP contribution in [-0.2, 0) is 0 Å². The summed E-state index contributed by atoms with van der Waals surface area (Å²) in [5.74, 6) is 0.766. The third-order valence-electron chi connectivity index (χ3n) is 4.89. The Hall–Kier alpha value is -2.96. The fourth-order valence-electron chi connectivity index (χ4n) is 3.69. The highest BCUT2D eigenvalue weighted by Gasteiger charge is 2.32. The molecule has 0 radical (unpaired) electrons. The standard InChI is InChI=1S/C19H22N6O/c1-12-9-13(2)25-18(22-12)11-15(23-25)19(26)24-8-4-5-16(24)14-6-7-21-17(10-14)20-3/h6-7,9-11,16H,4-5,8H2,1-3H3,(H,20,21)/t16-/m0/s1. The summed E-state index contributed by atoms with van der Waals surface area (Å²) in [6.45, 7) is 4.65. The van der Waals surface area contributed by atoms with Crippen molar-refractivity contribution in [1.82, 2.24) is 24.5 Å². The number of aromatic nitrogens is 4. The molecule has 1 N–H and O–H groups in total. The van der Waals surface area contributed by atoms with E-state index in [9.17, 15) is 4.79 Å². The number of hydrogen-bond donors (Lipinski definition) is 1. The van der Waals surface area contributed by atoms with Crippen molar-refractivity contribution in [2.75, 3.05) is 18.9 Å². The lowest BCUT2D eigenvalue weighted by Gasteiger charge is -2.24. The Kier molecular flexibility index (Phi) is 4.06. The number of amides is 1. The van der Waals surface area contributed by atoms with Crippen molar-refractivity contribution in [2.45, 2.75) is 32.7 Å². The van der Waals surface area contributed by atoms with E-state index in [-0.39, 0.29) is 11.9 Å². The van der Waals surface area contributed by atoms with Gasteiger partial charge < -0.3 is 10.2 Å². The van der Waals surface area contributed by atoms with E-state index < -0.39 is 0 Å². The summed E-state index contributed by atoms with van der Waals surface area (Å²) in [5, 5.41) is 7.56. The highest BCUT2D eigenvalue weighted by atomic mass is 16.2. The van der Waals surface area contributed by atoms with E-state index in [2.05, 4.69) is 20.4 Å². The molecule has 1 aliphatic heterocycles. The van der Waals surface area contributed by atoms with Crippen molar-refractivity contribution in [2.24, 2.45) is 0 Å². The van der Waals surface area contributed by atoms with Crippen molar-refractivity contribution in [3.05, 3.63) is 53.1 Å². The van der Waals surface area contributed by atoms with Gasteiger partial charge in [0.1, 0.15) is 5.82 Å². The number of nitrogens with one attached hydrogen (secondary N) is 1. The van der Waals surface area contributed by atoms with E-state index >= 15 is 0 Å². The van der Waals surface area contributed by atoms with Crippen LogP contribution in [0.5, 0.6) is 0 Å². The number of carbonyl (C=O) groups is 1. The number of aryl methyl sites for hydroxylation is 2. The Bertz CT molecular complexity index is 979. The van der Waals surface area contributed by atoms with Gasteiger partial charge >= 0.3 is 0 Å². The normalized spacial score (nSPS) is 17.0. The molecule has 1 saturated heterocycles. The van der Waals surface area contributed by atoms with Gasteiger partial charge in [0.15, 0.2) is 11.3 Å². The molecule has 26 heavy (non-hydrogen) atoms. The molecule has 1 amide bonds. The topological polar surface area (TPSA) is 75.4 Å². The second-order valence-electron chi connectivity index (χ2n) is 6.72. The maximum absolute atomic E-state index is 13.1. The lowest BCUT2D eigenvalue weighted by atomic mass is 10.1. The fourth-order valence-corrected chi connectivity index (χ4v) is 3.69. The van der Waals surface area contributed by atoms with E-state index in [0.717, 1.165) is 42.2 Å². The molecule has 4 heterocycles. The molecular weight excluding hydrogens is 328 g/mol. The summed E-state index contributed by atoms with van der Waals surface area (Å²) < 4.78 is 1.73. The van der Waals surface area contributed by atoms with Crippen LogP contribution in [-0.4, -0.2) is 44.0 Å². The predicted molar refractivity (Wildman–Crippen MR) is 99.3 cm³/mol. The maximum Gasteiger partial charge on any atom is 0.274 e. The molecule has 0 aliphatic carbocycles. The van der Waals surface area contributed by atoms with Crippen LogP contribution in [0.15, 0.2) is 30.5 Å². The Morgan fingerprint density at radius 2 is 2.12 bits per heavy atom. The molecule has 4 rings (SSSR count).